The normalized spacial score (nSPS) is 18.4. The monoisotopic (exact) mass is 305 g/mol. The SMILES string of the molecule is CO/N=C(\C(=O)OC)C1=CCCOC1COc1ccccc1. The van der Waals surface area contributed by atoms with Crippen molar-refractivity contribution in [1.82, 2.24) is 0 Å². The van der Waals surface area contributed by atoms with E-state index >= 15 is 0 Å². The maximum Gasteiger partial charge on any atom is 0.360 e. The quantitative estimate of drug-likeness (QED) is 0.456. The molecule has 1 aliphatic rings. The van der Waals surface area contributed by atoms with Gasteiger partial charge in [-0.2, -0.15) is 0 Å². The van der Waals surface area contributed by atoms with Gasteiger partial charge in [0.05, 0.1) is 13.7 Å². The van der Waals surface area contributed by atoms with Gasteiger partial charge in [0.2, 0.25) is 0 Å². The molecule has 1 atom stereocenters. The van der Waals surface area contributed by atoms with Crippen molar-refractivity contribution in [3.8, 4) is 5.75 Å². The largest absolute Gasteiger partial charge is 0.491 e. The van der Waals surface area contributed by atoms with Crippen molar-refractivity contribution >= 4 is 11.7 Å². The second-order valence-corrected chi connectivity index (χ2v) is 4.55. The summed E-state index contributed by atoms with van der Waals surface area (Å²) < 4.78 is 16.1. The molecule has 118 valence electrons. The second kappa shape index (κ2) is 8.19. The molecule has 0 aromatic heterocycles. The minimum atomic E-state index is -0.566. The summed E-state index contributed by atoms with van der Waals surface area (Å²) in [7, 11) is 2.68. The number of hydrogen-bond acceptors (Lipinski definition) is 6. The Morgan fingerprint density at radius 1 is 1.32 bits per heavy atom. The van der Waals surface area contributed by atoms with Crippen LogP contribution in [0.2, 0.25) is 0 Å². The summed E-state index contributed by atoms with van der Waals surface area (Å²) in [6.45, 7) is 0.837. The first-order valence-electron chi connectivity index (χ1n) is 6.95. The van der Waals surface area contributed by atoms with Crippen LogP contribution in [-0.4, -0.2) is 45.2 Å². The van der Waals surface area contributed by atoms with Gasteiger partial charge in [0.1, 0.15) is 25.6 Å². The third-order valence-corrected chi connectivity index (χ3v) is 3.13. The van der Waals surface area contributed by atoms with Gasteiger partial charge in [0.15, 0.2) is 5.71 Å². The van der Waals surface area contributed by atoms with Crippen LogP contribution in [0, 0.1) is 0 Å². The number of ether oxygens (including phenoxy) is 3. The zero-order chi connectivity index (χ0) is 15.8. The van der Waals surface area contributed by atoms with Crippen LogP contribution in [0.1, 0.15) is 6.42 Å². The molecule has 22 heavy (non-hydrogen) atoms. The maximum absolute atomic E-state index is 11.9. The van der Waals surface area contributed by atoms with Gasteiger partial charge in [0.25, 0.3) is 0 Å². The molecule has 0 fully saturated rings. The Kier molecular flexibility index (Phi) is 5.97. The van der Waals surface area contributed by atoms with Crippen molar-refractivity contribution in [2.75, 3.05) is 27.4 Å². The van der Waals surface area contributed by atoms with Crippen LogP contribution in [0.5, 0.6) is 5.75 Å². The van der Waals surface area contributed by atoms with Crippen molar-refractivity contribution in [3.05, 3.63) is 42.0 Å². The molecule has 0 radical (unpaired) electrons. The van der Waals surface area contributed by atoms with Crippen molar-refractivity contribution in [2.45, 2.75) is 12.5 Å². The number of carbonyl (C=O) groups excluding carboxylic acids is 1. The molecule has 0 saturated carbocycles. The Labute approximate surface area is 129 Å². The van der Waals surface area contributed by atoms with E-state index in [0.717, 1.165) is 5.75 Å². The van der Waals surface area contributed by atoms with E-state index < -0.39 is 12.1 Å². The van der Waals surface area contributed by atoms with E-state index in [1.807, 2.05) is 36.4 Å². The molecule has 1 aromatic carbocycles. The second-order valence-electron chi connectivity index (χ2n) is 4.55. The van der Waals surface area contributed by atoms with Crippen LogP contribution in [-0.2, 0) is 19.1 Å². The average Bonchev–Trinajstić information content (AvgIpc) is 2.58. The average molecular weight is 305 g/mol. The highest BCUT2D eigenvalue weighted by molar-refractivity contribution is 6.43. The standard InChI is InChI=1S/C16H19NO5/c1-19-16(18)15(17-20-2)13-9-6-10-21-14(13)11-22-12-7-4-3-5-8-12/h3-5,7-9,14H,6,10-11H2,1-2H3/b17-15-. The minimum Gasteiger partial charge on any atom is -0.491 e. The Balaban J connectivity index is 2.12. The smallest absolute Gasteiger partial charge is 0.360 e. The molecule has 1 heterocycles. The molecule has 6 nitrogen and oxygen atoms in total. The van der Waals surface area contributed by atoms with Gasteiger partial charge in [-0.15, -0.1) is 0 Å². The Morgan fingerprint density at radius 3 is 2.77 bits per heavy atom. The number of oxime groups is 1. The van der Waals surface area contributed by atoms with Gasteiger partial charge in [-0.1, -0.05) is 29.4 Å². The van der Waals surface area contributed by atoms with Crippen molar-refractivity contribution in [1.29, 1.82) is 0 Å². The van der Waals surface area contributed by atoms with E-state index in [1.165, 1.54) is 14.2 Å². The topological polar surface area (TPSA) is 66.4 Å². The molecule has 0 saturated heterocycles. The van der Waals surface area contributed by atoms with Crippen LogP contribution in [0.15, 0.2) is 47.1 Å². The number of rotatable bonds is 6. The van der Waals surface area contributed by atoms with Gasteiger partial charge in [0, 0.05) is 5.57 Å². The molecule has 6 heteroatoms. The summed E-state index contributed by atoms with van der Waals surface area (Å²) in [6, 6.07) is 9.41. The number of para-hydroxylation sites is 1. The highest BCUT2D eigenvalue weighted by Crippen LogP contribution is 2.19. The summed E-state index contributed by atoms with van der Waals surface area (Å²) in [6.07, 6.45) is 2.19. The highest BCUT2D eigenvalue weighted by atomic mass is 16.6. The summed E-state index contributed by atoms with van der Waals surface area (Å²) >= 11 is 0. The van der Waals surface area contributed by atoms with E-state index in [-0.39, 0.29) is 12.3 Å². The van der Waals surface area contributed by atoms with E-state index in [1.54, 1.807) is 0 Å². The summed E-state index contributed by atoms with van der Waals surface area (Å²) in [5.41, 5.74) is 0.724. The first-order valence-corrected chi connectivity index (χ1v) is 6.95. The first kappa shape index (κ1) is 16.0. The maximum atomic E-state index is 11.9. The Hall–Kier alpha value is -2.34. The number of esters is 1. The lowest BCUT2D eigenvalue weighted by Crippen LogP contribution is -2.34. The van der Waals surface area contributed by atoms with Gasteiger partial charge < -0.3 is 19.0 Å². The van der Waals surface area contributed by atoms with Crippen LogP contribution in [0.4, 0.5) is 0 Å². The predicted molar refractivity (Wildman–Crippen MR) is 80.8 cm³/mol. The van der Waals surface area contributed by atoms with Crippen molar-refractivity contribution < 1.29 is 23.8 Å². The van der Waals surface area contributed by atoms with Gasteiger partial charge >= 0.3 is 5.97 Å². The van der Waals surface area contributed by atoms with Crippen molar-refractivity contribution in [3.63, 3.8) is 0 Å². The molecule has 2 rings (SSSR count). The first-order chi connectivity index (χ1) is 10.8. The zero-order valence-electron chi connectivity index (χ0n) is 12.7. The molecule has 0 amide bonds. The number of nitrogens with zero attached hydrogens (tertiary/aromatic N) is 1. The predicted octanol–water partition coefficient (Wildman–Crippen LogP) is 1.96. The third-order valence-electron chi connectivity index (χ3n) is 3.13. The van der Waals surface area contributed by atoms with E-state index in [2.05, 4.69) is 5.16 Å². The Morgan fingerprint density at radius 2 is 2.09 bits per heavy atom. The molecule has 0 bridgehead atoms. The molecule has 1 aromatic rings. The lowest BCUT2D eigenvalue weighted by atomic mass is 10.0. The molecular formula is C16H19NO5. The summed E-state index contributed by atoms with van der Waals surface area (Å²) in [5.74, 6) is 0.169. The zero-order valence-corrected chi connectivity index (χ0v) is 12.7. The van der Waals surface area contributed by atoms with Crippen LogP contribution in [0.25, 0.3) is 0 Å². The number of carbonyl (C=O) groups is 1. The van der Waals surface area contributed by atoms with E-state index in [4.69, 9.17) is 19.0 Å². The fourth-order valence-electron chi connectivity index (χ4n) is 2.12. The molecule has 0 N–H and O–H groups in total. The van der Waals surface area contributed by atoms with Crippen LogP contribution in [0.3, 0.4) is 0 Å². The van der Waals surface area contributed by atoms with Gasteiger partial charge in [-0.05, 0) is 18.6 Å². The molecular weight excluding hydrogens is 286 g/mol. The molecule has 1 unspecified atom stereocenters. The fourth-order valence-corrected chi connectivity index (χ4v) is 2.12. The summed E-state index contributed by atoms with van der Waals surface area (Å²) in [5, 5.41) is 3.76. The summed E-state index contributed by atoms with van der Waals surface area (Å²) in [4.78, 5) is 16.6. The molecule has 0 spiro atoms. The van der Waals surface area contributed by atoms with E-state index in [9.17, 15) is 4.79 Å². The molecule has 1 aliphatic heterocycles. The Bertz CT molecular complexity index is 553. The van der Waals surface area contributed by atoms with Gasteiger partial charge in [-0.25, -0.2) is 4.79 Å². The van der Waals surface area contributed by atoms with Crippen LogP contribution < -0.4 is 4.74 Å². The number of hydrogen-bond donors (Lipinski definition) is 0. The highest BCUT2D eigenvalue weighted by Gasteiger charge is 2.29. The van der Waals surface area contributed by atoms with Gasteiger partial charge in [-0.3, -0.25) is 0 Å². The van der Waals surface area contributed by atoms with E-state index in [0.29, 0.717) is 18.6 Å². The minimum absolute atomic E-state index is 0.103. The van der Waals surface area contributed by atoms with Crippen molar-refractivity contribution in [2.24, 2.45) is 5.16 Å². The number of methoxy groups -OCH3 is 1. The fraction of sp³-hybridized carbons (Fsp3) is 0.375. The lowest BCUT2D eigenvalue weighted by molar-refractivity contribution is -0.132. The molecule has 0 aliphatic carbocycles. The third kappa shape index (κ3) is 4.08. The van der Waals surface area contributed by atoms with Crippen LogP contribution >= 0.6 is 0 Å². The number of benzene rings is 1. The lowest BCUT2D eigenvalue weighted by Gasteiger charge is -2.24.